The number of methoxy groups -OCH3 is 3. The molecule has 11 heteroatoms. The second-order valence-electron chi connectivity index (χ2n) is 10.8. The zero-order chi connectivity index (χ0) is 30.8. The third-order valence-electron chi connectivity index (χ3n) is 6.51. The van der Waals surface area contributed by atoms with Gasteiger partial charge in [0.25, 0.3) is 5.91 Å². The molecular formula is C31H42N2O9. The van der Waals surface area contributed by atoms with Crippen LogP contribution in [0.4, 0.5) is 0 Å². The van der Waals surface area contributed by atoms with Crippen molar-refractivity contribution in [2.45, 2.75) is 63.6 Å². The first-order chi connectivity index (χ1) is 20.0. The van der Waals surface area contributed by atoms with Crippen LogP contribution in [0.3, 0.4) is 0 Å². The fraction of sp³-hybridized carbons (Fsp3) is 0.516. The maximum Gasteiger partial charge on any atom is 0.306 e. The summed E-state index contributed by atoms with van der Waals surface area (Å²) in [5.74, 6) is 0.512. The van der Waals surface area contributed by atoms with E-state index in [1.807, 2.05) is 6.07 Å². The number of aliphatic hydroxyl groups excluding tert-OH is 1. The van der Waals surface area contributed by atoms with Gasteiger partial charge in [-0.3, -0.25) is 9.59 Å². The minimum absolute atomic E-state index is 0.00606. The number of carbonyl (C=O) groups excluding carboxylic acids is 2. The highest BCUT2D eigenvalue weighted by Gasteiger charge is 2.53. The fourth-order valence-electron chi connectivity index (χ4n) is 4.45. The summed E-state index contributed by atoms with van der Waals surface area (Å²) in [6.45, 7) is 5.83. The van der Waals surface area contributed by atoms with E-state index in [0.717, 1.165) is 0 Å². The number of rotatable bonds is 15. The molecule has 0 saturated carbocycles. The van der Waals surface area contributed by atoms with Crippen LogP contribution in [0.25, 0.3) is 0 Å². The van der Waals surface area contributed by atoms with Gasteiger partial charge >= 0.3 is 5.97 Å². The van der Waals surface area contributed by atoms with Gasteiger partial charge in [0.05, 0.1) is 20.3 Å². The molecule has 3 rings (SSSR count). The number of nitrogens with one attached hydrogen (secondary N) is 1. The molecule has 0 aromatic heterocycles. The number of hydrogen-bond donors (Lipinski definition) is 2. The van der Waals surface area contributed by atoms with E-state index in [1.54, 1.807) is 70.3 Å². The topological polar surface area (TPSA) is 134 Å². The van der Waals surface area contributed by atoms with Gasteiger partial charge in [-0.2, -0.15) is 0 Å². The number of amides is 1. The number of esters is 1. The van der Waals surface area contributed by atoms with E-state index >= 15 is 0 Å². The van der Waals surface area contributed by atoms with E-state index in [4.69, 9.17) is 38.5 Å². The van der Waals surface area contributed by atoms with Crippen molar-refractivity contribution in [2.75, 3.05) is 41.1 Å². The van der Waals surface area contributed by atoms with Crippen LogP contribution >= 0.6 is 0 Å². The SMILES string of the molecule is COc1cccc([C@H]2OC(c3ccc(OCCCO)cc3)=N[C@@]2(CCC(=O)OC(C)(C)C)C(=O)NCC(OC)OC)c1. The lowest BCUT2D eigenvalue weighted by molar-refractivity contribution is -0.155. The molecule has 2 aromatic carbocycles. The number of nitrogens with zero attached hydrogens (tertiary/aromatic N) is 1. The molecule has 11 nitrogen and oxygen atoms in total. The highest BCUT2D eigenvalue weighted by Crippen LogP contribution is 2.44. The lowest BCUT2D eigenvalue weighted by Gasteiger charge is -2.31. The smallest absolute Gasteiger partial charge is 0.306 e. The van der Waals surface area contributed by atoms with Crippen molar-refractivity contribution >= 4 is 17.8 Å². The monoisotopic (exact) mass is 586 g/mol. The molecule has 42 heavy (non-hydrogen) atoms. The van der Waals surface area contributed by atoms with Crippen molar-refractivity contribution in [3.8, 4) is 11.5 Å². The summed E-state index contributed by atoms with van der Waals surface area (Å²) in [5.41, 5.74) is -0.965. The summed E-state index contributed by atoms with van der Waals surface area (Å²) in [5, 5.41) is 11.9. The second kappa shape index (κ2) is 15.0. The van der Waals surface area contributed by atoms with Gasteiger partial charge in [0.1, 0.15) is 17.1 Å². The van der Waals surface area contributed by atoms with E-state index in [0.29, 0.717) is 35.7 Å². The van der Waals surface area contributed by atoms with Crippen LogP contribution in [-0.2, 0) is 28.5 Å². The van der Waals surface area contributed by atoms with E-state index in [2.05, 4.69) is 5.32 Å². The van der Waals surface area contributed by atoms with Crippen molar-refractivity contribution in [3.05, 3.63) is 59.7 Å². The number of carbonyl (C=O) groups is 2. The summed E-state index contributed by atoms with van der Waals surface area (Å²) in [6.07, 6.45) is -1.14. The molecule has 1 heterocycles. The Kier molecular flexibility index (Phi) is 11.7. The molecule has 1 aliphatic heterocycles. The molecule has 0 radical (unpaired) electrons. The molecule has 0 saturated heterocycles. The summed E-state index contributed by atoms with van der Waals surface area (Å²) in [7, 11) is 4.51. The standard InChI is InChI=1S/C31H42N2O9/c1-30(2,3)42-25(35)15-16-31(29(36)32-20-26(38-5)39-6)27(22-9-7-10-24(19-22)37-4)41-28(33-31)21-11-13-23(14-12-21)40-18-8-17-34/h7,9-14,19,26-27,34H,8,15-18,20H2,1-6H3,(H,32,36)/t27-,31-/m1/s1. The Morgan fingerprint density at radius 1 is 1.07 bits per heavy atom. The molecule has 1 aliphatic rings. The number of hydrogen-bond acceptors (Lipinski definition) is 10. The summed E-state index contributed by atoms with van der Waals surface area (Å²) < 4.78 is 33.6. The minimum atomic E-state index is -1.54. The maximum absolute atomic E-state index is 14.1. The molecule has 0 aliphatic carbocycles. The first-order valence-corrected chi connectivity index (χ1v) is 13.9. The van der Waals surface area contributed by atoms with Crippen LogP contribution in [0.15, 0.2) is 53.5 Å². The van der Waals surface area contributed by atoms with Gasteiger partial charge in [-0.25, -0.2) is 4.99 Å². The van der Waals surface area contributed by atoms with E-state index in [-0.39, 0.29) is 31.9 Å². The Hall–Kier alpha value is -3.67. The third kappa shape index (κ3) is 8.67. The Balaban J connectivity index is 2.05. The molecule has 0 bridgehead atoms. The van der Waals surface area contributed by atoms with Crippen molar-refractivity contribution in [2.24, 2.45) is 4.99 Å². The molecule has 0 fully saturated rings. The Bertz CT molecular complexity index is 1210. The van der Waals surface area contributed by atoms with Crippen LogP contribution < -0.4 is 14.8 Å². The van der Waals surface area contributed by atoms with Crippen LogP contribution in [0.1, 0.15) is 57.3 Å². The average Bonchev–Trinajstić information content (AvgIpc) is 3.37. The summed E-state index contributed by atoms with van der Waals surface area (Å²) in [4.78, 5) is 31.8. The minimum Gasteiger partial charge on any atom is -0.497 e. The van der Waals surface area contributed by atoms with Crippen molar-refractivity contribution in [3.63, 3.8) is 0 Å². The zero-order valence-electron chi connectivity index (χ0n) is 25.2. The predicted molar refractivity (Wildman–Crippen MR) is 156 cm³/mol. The van der Waals surface area contributed by atoms with E-state index < -0.39 is 35.4 Å². The largest absolute Gasteiger partial charge is 0.497 e. The van der Waals surface area contributed by atoms with E-state index in [9.17, 15) is 9.59 Å². The second-order valence-corrected chi connectivity index (χ2v) is 10.8. The molecule has 0 spiro atoms. The highest BCUT2D eigenvalue weighted by atomic mass is 16.7. The molecule has 1 amide bonds. The number of aliphatic imine (C=N–C) groups is 1. The van der Waals surface area contributed by atoms with Crippen molar-refractivity contribution < 1.29 is 43.1 Å². The Labute approximate surface area is 247 Å². The zero-order valence-corrected chi connectivity index (χ0v) is 25.2. The van der Waals surface area contributed by atoms with Crippen molar-refractivity contribution in [1.29, 1.82) is 0 Å². The molecular weight excluding hydrogens is 544 g/mol. The average molecular weight is 587 g/mol. The lowest BCUT2D eigenvalue weighted by atomic mass is 9.83. The van der Waals surface area contributed by atoms with Crippen molar-refractivity contribution in [1.82, 2.24) is 5.32 Å². The molecule has 2 N–H and O–H groups in total. The normalized spacial score (nSPS) is 18.3. The highest BCUT2D eigenvalue weighted by molar-refractivity contribution is 6.01. The maximum atomic E-state index is 14.1. The first-order valence-electron chi connectivity index (χ1n) is 13.9. The first kappa shape index (κ1) is 32.8. The van der Waals surface area contributed by atoms with Gasteiger partial charge in [-0.05, 0) is 69.2 Å². The van der Waals surface area contributed by atoms with Crippen LogP contribution in [0, 0.1) is 0 Å². The predicted octanol–water partition coefficient (Wildman–Crippen LogP) is 3.57. The number of aliphatic hydroxyl groups is 1. The van der Waals surface area contributed by atoms with Gasteiger partial charge in [0.2, 0.25) is 5.90 Å². The van der Waals surface area contributed by atoms with E-state index in [1.165, 1.54) is 14.2 Å². The van der Waals surface area contributed by atoms with Gasteiger partial charge in [0, 0.05) is 39.2 Å². The molecule has 230 valence electrons. The van der Waals surface area contributed by atoms with Gasteiger partial charge in [0.15, 0.2) is 17.9 Å². The molecule has 2 aromatic rings. The quantitative estimate of drug-likeness (QED) is 0.182. The third-order valence-corrected chi connectivity index (χ3v) is 6.51. The fourth-order valence-corrected chi connectivity index (χ4v) is 4.45. The lowest BCUT2D eigenvalue weighted by Crippen LogP contribution is -2.50. The number of benzene rings is 2. The number of ether oxygens (including phenoxy) is 6. The van der Waals surface area contributed by atoms with Gasteiger partial charge < -0.3 is 38.8 Å². The molecule has 0 unspecified atom stereocenters. The molecule has 2 atom stereocenters. The van der Waals surface area contributed by atoms with Crippen LogP contribution in [-0.4, -0.2) is 81.4 Å². The Morgan fingerprint density at radius 3 is 2.40 bits per heavy atom. The van der Waals surface area contributed by atoms with Gasteiger partial charge in [-0.1, -0.05) is 12.1 Å². The van der Waals surface area contributed by atoms with Crippen LogP contribution in [0.2, 0.25) is 0 Å². The summed E-state index contributed by atoms with van der Waals surface area (Å²) >= 11 is 0. The Morgan fingerprint density at radius 2 is 1.79 bits per heavy atom. The van der Waals surface area contributed by atoms with Gasteiger partial charge in [-0.15, -0.1) is 0 Å². The summed E-state index contributed by atoms with van der Waals surface area (Å²) in [6, 6.07) is 14.3. The van der Waals surface area contributed by atoms with Crippen LogP contribution in [0.5, 0.6) is 11.5 Å².